The molecule has 1 aliphatic heterocycles. The molecule has 0 aromatic heterocycles. The number of carbonyl (C=O) groups is 1. The van der Waals surface area contributed by atoms with E-state index in [1.54, 1.807) is 25.3 Å². The quantitative estimate of drug-likeness (QED) is 0.611. The number of hydrogen-bond acceptors (Lipinski definition) is 4. The number of carbonyl (C=O) groups excluding carboxylic acids is 1. The van der Waals surface area contributed by atoms with Crippen LogP contribution in [0.5, 0.6) is 5.75 Å². The minimum absolute atomic E-state index is 0.352. The Morgan fingerprint density at radius 3 is 2.74 bits per heavy atom. The van der Waals surface area contributed by atoms with Gasteiger partial charge in [-0.2, -0.15) is 0 Å². The van der Waals surface area contributed by atoms with Crippen LogP contribution in [0.15, 0.2) is 29.3 Å². The van der Waals surface area contributed by atoms with Crippen LogP contribution < -0.4 is 4.74 Å². The smallest absolute Gasteiger partial charge is 0.325 e. The van der Waals surface area contributed by atoms with Gasteiger partial charge in [0.25, 0.3) is 0 Å². The highest BCUT2D eigenvalue weighted by atomic mass is 16.6. The summed E-state index contributed by atoms with van der Waals surface area (Å²) in [4.78, 5) is 25.4. The molecule has 6 heteroatoms. The van der Waals surface area contributed by atoms with Gasteiger partial charge in [0.15, 0.2) is 0 Å². The fourth-order valence-corrected chi connectivity index (χ4v) is 2.01. The molecule has 1 aliphatic rings. The molecule has 0 aliphatic carbocycles. The summed E-state index contributed by atoms with van der Waals surface area (Å²) in [5.41, 5.74) is 1.81. The molecule has 0 bridgehead atoms. The molecule has 0 saturated carbocycles. The second kappa shape index (κ2) is 5.01. The summed E-state index contributed by atoms with van der Waals surface area (Å²) in [6.45, 7) is 1.81. The zero-order valence-electron chi connectivity index (χ0n) is 10.5. The van der Waals surface area contributed by atoms with E-state index >= 15 is 0 Å². The van der Waals surface area contributed by atoms with Crippen molar-refractivity contribution in [1.29, 1.82) is 0 Å². The number of benzene rings is 1. The van der Waals surface area contributed by atoms with Gasteiger partial charge in [0.05, 0.1) is 7.11 Å². The number of ether oxygens (including phenoxy) is 1. The first-order chi connectivity index (χ1) is 9.04. The van der Waals surface area contributed by atoms with Gasteiger partial charge in [0, 0.05) is 16.7 Å². The molecule has 0 fully saturated rings. The van der Waals surface area contributed by atoms with E-state index in [4.69, 9.17) is 4.74 Å². The van der Waals surface area contributed by atoms with Crippen molar-refractivity contribution in [2.24, 2.45) is 4.99 Å². The third-order valence-electron chi connectivity index (χ3n) is 2.94. The van der Waals surface area contributed by atoms with Crippen LogP contribution in [0.4, 0.5) is 0 Å². The van der Waals surface area contributed by atoms with Gasteiger partial charge < -0.3 is 4.74 Å². The molecule has 0 radical (unpaired) electrons. The number of amides is 1. The largest absolute Gasteiger partial charge is 0.497 e. The first-order valence-corrected chi connectivity index (χ1v) is 5.61. The number of allylic oxidation sites excluding steroid dienone is 1. The van der Waals surface area contributed by atoms with Crippen LogP contribution in [0, 0.1) is 17.0 Å². The number of aryl methyl sites for hydroxylation is 1. The minimum Gasteiger partial charge on any atom is -0.497 e. The van der Waals surface area contributed by atoms with Gasteiger partial charge in [-0.3, -0.25) is 14.9 Å². The molecule has 1 aromatic carbocycles. The lowest BCUT2D eigenvalue weighted by atomic mass is 9.93. The molecule has 0 N–H and O–H groups in total. The van der Waals surface area contributed by atoms with Gasteiger partial charge in [0.2, 0.25) is 0 Å². The van der Waals surface area contributed by atoms with Crippen LogP contribution >= 0.6 is 0 Å². The third kappa shape index (κ3) is 2.37. The molecule has 1 heterocycles. The first-order valence-electron chi connectivity index (χ1n) is 5.61. The monoisotopic (exact) mass is 260 g/mol. The molecule has 0 saturated heterocycles. The number of nitro groups is 1. The summed E-state index contributed by atoms with van der Waals surface area (Å²) < 4.78 is 5.09. The van der Waals surface area contributed by atoms with Crippen molar-refractivity contribution in [3.63, 3.8) is 0 Å². The second-order valence-corrected chi connectivity index (χ2v) is 4.11. The molecular formula is C13H12N2O4. The van der Waals surface area contributed by atoms with E-state index < -0.39 is 16.9 Å². The van der Waals surface area contributed by atoms with Crippen molar-refractivity contribution in [3.8, 4) is 5.75 Å². The van der Waals surface area contributed by atoms with E-state index in [9.17, 15) is 14.9 Å². The Morgan fingerprint density at radius 1 is 1.42 bits per heavy atom. The van der Waals surface area contributed by atoms with E-state index in [0.717, 1.165) is 5.56 Å². The van der Waals surface area contributed by atoms with E-state index in [1.807, 2.05) is 6.92 Å². The summed E-state index contributed by atoms with van der Waals surface area (Å²) in [5.74, 6) is -0.0898. The molecule has 19 heavy (non-hydrogen) atoms. The zero-order valence-corrected chi connectivity index (χ0v) is 10.5. The van der Waals surface area contributed by atoms with Gasteiger partial charge in [-0.1, -0.05) is 6.07 Å². The van der Waals surface area contributed by atoms with Gasteiger partial charge in [-0.15, -0.1) is 0 Å². The minimum atomic E-state index is -1.43. The van der Waals surface area contributed by atoms with Gasteiger partial charge in [0.1, 0.15) is 5.75 Å². The highest BCUT2D eigenvalue weighted by molar-refractivity contribution is 6.07. The van der Waals surface area contributed by atoms with E-state index in [2.05, 4.69) is 4.99 Å². The standard InChI is InChI=1S/C13H12N2O4/c1-8-7-9(19-2)3-4-10(8)11-5-6-14-13(16)12(11)15(17)18/h3-7,12H,1-2H3. The highest BCUT2D eigenvalue weighted by Crippen LogP contribution is 2.28. The molecule has 98 valence electrons. The summed E-state index contributed by atoms with van der Waals surface area (Å²) in [6, 6.07) is 3.75. The molecule has 0 spiro atoms. The molecule has 6 nitrogen and oxygen atoms in total. The number of nitrogens with zero attached hydrogens (tertiary/aromatic N) is 2. The number of hydrogen-bond donors (Lipinski definition) is 0. The third-order valence-corrected chi connectivity index (χ3v) is 2.94. The van der Waals surface area contributed by atoms with Crippen molar-refractivity contribution in [2.45, 2.75) is 13.0 Å². The van der Waals surface area contributed by atoms with E-state index in [-0.39, 0.29) is 0 Å². The first kappa shape index (κ1) is 12.9. The van der Waals surface area contributed by atoms with Gasteiger partial charge in [-0.25, -0.2) is 4.99 Å². The van der Waals surface area contributed by atoms with Crippen molar-refractivity contribution in [2.75, 3.05) is 7.11 Å². The summed E-state index contributed by atoms with van der Waals surface area (Å²) in [5, 5.41) is 11.0. The van der Waals surface area contributed by atoms with Gasteiger partial charge in [-0.05, 0) is 36.3 Å². The Balaban J connectivity index is 2.50. The van der Waals surface area contributed by atoms with Crippen LogP contribution in [0.3, 0.4) is 0 Å². The Kier molecular flexibility index (Phi) is 3.41. The molecule has 1 aromatic rings. The molecular weight excluding hydrogens is 248 g/mol. The van der Waals surface area contributed by atoms with Gasteiger partial charge >= 0.3 is 11.9 Å². The summed E-state index contributed by atoms with van der Waals surface area (Å²) in [6.07, 6.45) is 2.80. The Hall–Kier alpha value is -2.50. The molecule has 2 rings (SSSR count). The van der Waals surface area contributed by atoms with Crippen molar-refractivity contribution in [1.82, 2.24) is 0 Å². The highest BCUT2D eigenvalue weighted by Gasteiger charge is 2.36. The van der Waals surface area contributed by atoms with Crippen LogP contribution in [0.25, 0.3) is 5.57 Å². The summed E-state index contributed by atoms with van der Waals surface area (Å²) >= 11 is 0. The lowest BCUT2D eigenvalue weighted by Crippen LogP contribution is -2.31. The fourth-order valence-electron chi connectivity index (χ4n) is 2.01. The molecule has 1 atom stereocenters. The topological polar surface area (TPSA) is 81.8 Å². The van der Waals surface area contributed by atoms with Crippen LogP contribution in [0.2, 0.25) is 0 Å². The van der Waals surface area contributed by atoms with Crippen LogP contribution in [0.1, 0.15) is 11.1 Å². The fraction of sp³-hybridized carbons (Fsp3) is 0.231. The lowest BCUT2D eigenvalue weighted by Gasteiger charge is -2.15. The number of rotatable bonds is 3. The maximum Gasteiger partial charge on any atom is 0.325 e. The number of methoxy groups -OCH3 is 1. The van der Waals surface area contributed by atoms with Crippen molar-refractivity contribution in [3.05, 3.63) is 45.5 Å². The predicted molar refractivity (Wildman–Crippen MR) is 70.0 cm³/mol. The maximum atomic E-state index is 11.5. The second-order valence-electron chi connectivity index (χ2n) is 4.11. The Labute approximate surface area is 109 Å². The van der Waals surface area contributed by atoms with E-state index in [0.29, 0.717) is 16.9 Å². The lowest BCUT2D eigenvalue weighted by molar-refractivity contribution is -0.491. The summed E-state index contributed by atoms with van der Waals surface area (Å²) in [7, 11) is 1.55. The van der Waals surface area contributed by atoms with Crippen molar-refractivity contribution < 1.29 is 14.5 Å². The SMILES string of the molecule is COc1ccc(C2=CC=NC(=O)C2[N+](=O)[O-])c(C)c1. The Bertz CT molecular complexity index is 605. The molecule has 1 unspecified atom stereocenters. The zero-order chi connectivity index (χ0) is 14.0. The van der Waals surface area contributed by atoms with Crippen LogP contribution in [-0.4, -0.2) is 30.2 Å². The number of dihydropyridines is 1. The molecule has 1 amide bonds. The number of aliphatic imine (C=N–C) groups is 1. The van der Waals surface area contributed by atoms with Crippen LogP contribution in [-0.2, 0) is 4.79 Å². The van der Waals surface area contributed by atoms with E-state index in [1.165, 1.54) is 12.3 Å². The predicted octanol–water partition coefficient (Wildman–Crippen LogP) is 1.64. The Morgan fingerprint density at radius 2 is 2.16 bits per heavy atom. The average molecular weight is 260 g/mol. The maximum absolute atomic E-state index is 11.5. The van der Waals surface area contributed by atoms with Crippen molar-refractivity contribution >= 4 is 17.7 Å². The average Bonchev–Trinajstić information content (AvgIpc) is 2.37. The normalized spacial score (nSPS) is 18.1.